The van der Waals surface area contributed by atoms with Gasteiger partial charge in [-0.15, -0.1) is 0 Å². The number of carbonyl (C=O) groups excluding carboxylic acids is 2. The summed E-state index contributed by atoms with van der Waals surface area (Å²) in [6.45, 7) is 4.76. The number of likely N-dealkylation sites (N-methyl/N-ethyl adjacent to an activating group) is 1. The van der Waals surface area contributed by atoms with Crippen LogP contribution in [0.15, 0.2) is 97.2 Å². The highest BCUT2D eigenvalue weighted by Crippen LogP contribution is 2.17. The van der Waals surface area contributed by atoms with Gasteiger partial charge in [0, 0.05) is 12.8 Å². The number of aliphatic carboxylic acids is 1. The molecule has 0 heterocycles. The second-order valence-corrected chi connectivity index (χ2v) is 24.1. The average molecular weight is 1160 g/mol. The normalized spacial score (nSPS) is 13.3. The van der Waals surface area contributed by atoms with E-state index in [1.54, 1.807) is 0 Å². The fourth-order valence-electron chi connectivity index (χ4n) is 9.58. The summed E-state index contributed by atoms with van der Waals surface area (Å²) >= 11 is 0. The highest BCUT2D eigenvalue weighted by atomic mass is 16.7. The minimum Gasteiger partial charge on any atom is -0.477 e. The third-order valence-electron chi connectivity index (χ3n) is 14.8. The van der Waals surface area contributed by atoms with E-state index in [0.29, 0.717) is 23.9 Å². The third kappa shape index (κ3) is 65.6. The number of carboxylic acids is 1. The summed E-state index contributed by atoms with van der Waals surface area (Å²) in [6, 6.07) is 0. The fourth-order valence-corrected chi connectivity index (χ4v) is 9.58. The second-order valence-electron chi connectivity index (χ2n) is 24.1. The number of rotatable bonds is 63. The Labute approximate surface area is 512 Å². The lowest BCUT2D eigenvalue weighted by molar-refractivity contribution is -0.870. The Morgan fingerprint density at radius 2 is 0.687 bits per heavy atom. The van der Waals surface area contributed by atoms with Crippen molar-refractivity contribution in [3.05, 3.63) is 97.2 Å². The van der Waals surface area contributed by atoms with Crippen molar-refractivity contribution in [1.29, 1.82) is 0 Å². The number of ether oxygens (including phenoxy) is 4. The lowest BCUT2D eigenvalue weighted by atomic mass is 10.0. The average Bonchev–Trinajstić information content (AvgIpc) is 3.46. The number of nitrogens with zero attached hydrogens (tertiary/aromatic N) is 1. The first-order valence-electron chi connectivity index (χ1n) is 34.4. The Kier molecular flexibility index (Phi) is 61.3. The van der Waals surface area contributed by atoms with E-state index in [1.165, 1.54) is 167 Å². The Hall–Kier alpha value is -3.79. The molecule has 0 aromatic rings. The molecule has 0 aliphatic carbocycles. The molecule has 2 atom stereocenters. The smallest absolute Gasteiger partial charge is 0.361 e. The Bertz CT molecular complexity index is 1680. The van der Waals surface area contributed by atoms with Gasteiger partial charge in [0.15, 0.2) is 6.10 Å². The molecule has 0 aliphatic heterocycles. The third-order valence-corrected chi connectivity index (χ3v) is 14.8. The zero-order chi connectivity index (χ0) is 60.5. The van der Waals surface area contributed by atoms with Gasteiger partial charge in [0.25, 0.3) is 6.29 Å². The molecule has 9 nitrogen and oxygen atoms in total. The number of carbonyl (C=O) groups is 3. The van der Waals surface area contributed by atoms with Crippen molar-refractivity contribution < 1.29 is 42.9 Å². The quantitative estimate of drug-likeness (QED) is 0.0211. The van der Waals surface area contributed by atoms with Crippen LogP contribution in [0.25, 0.3) is 0 Å². The Morgan fingerprint density at radius 3 is 1.04 bits per heavy atom. The maximum atomic E-state index is 12.9. The van der Waals surface area contributed by atoms with E-state index in [9.17, 15) is 19.5 Å². The van der Waals surface area contributed by atoms with E-state index in [1.807, 2.05) is 21.1 Å². The van der Waals surface area contributed by atoms with Crippen molar-refractivity contribution in [3.63, 3.8) is 0 Å². The van der Waals surface area contributed by atoms with Crippen molar-refractivity contribution in [1.82, 2.24) is 0 Å². The molecule has 0 spiro atoms. The maximum Gasteiger partial charge on any atom is 0.361 e. The number of hydrogen-bond acceptors (Lipinski definition) is 7. The summed E-state index contributed by atoms with van der Waals surface area (Å²) in [7, 11) is 5.97. The van der Waals surface area contributed by atoms with Crippen molar-refractivity contribution in [2.24, 2.45) is 0 Å². The first kappa shape index (κ1) is 79.2. The molecule has 0 fully saturated rings. The summed E-state index contributed by atoms with van der Waals surface area (Å²) in [5, 5.41) is 9.74. The molecule has 0 rings (SSSR count). The van der Waals surface area contributed by atoms with Gasteiger partial charge in [0.2, 0.25) is 0 Å². The molecule has 478 valence electrons. The van der Waals surface area contributed by atoms with Gasteiger partial charge in [0.05, 0.1) is 34.4 Å². The molecule has 83 heavy (non-hydrogen) atoms. The summed E-state index contributed by atoms with van der Waals surface area (Å²) < 4.78 is 22.9. The molecule has 0 amide bonds. The van der Waals surface area contributed by atoms with E-state index < -0.39 is 24.3 Å². The van der Waals surface area contributed by atoms with E-state index in [0.717, 1.165) is 96.3 Å². The molecular weight excluding hydrogens is 1030 g/mol. The van der Waals surface area contributed by atoms with Gasteiger partial charge in [-0.2, -0.15) is 0 Å². The largest absolute Gasteiger partial charge is 0.477 e. The van der Waals surface area contributed by atoms with Gasteiger partial charge in [-0.3, -0.25) is 9.59 Å². The van der Waals surface area contributed by atoms with Crippen molar-refractivity contribution in [2.75, 3.05) is 47.5 Å². The van der Waals surface area contributed by atoms with Crippen LogP contribution in [-0.2, 0) is 33.3 Å². The zero-order valence-corrected chi connectivity index (χ0v) is 54.6. The van der Waals surface area contributed by atoms with E-state index in [4.69, 9.17) is 18.9 Å². The van der Waals surface area contributed by atoms with E-state index >= 15 is 0 Å². The van der Waals surface area contributed by atoms with Gasteiger partial charge in [-0.1, -0.05) is 284 Å². The second kappa shape index (κ2) is 64.2. The Morgan fingerprint density at radius 1 is 0.373 bits per heavy atom. The fraction of sp³-hybridized carbons (Fsp3) is 0.743. The lowest BCUT2D eigenvalue weighted by Crippen LogP contribution is -2.40. The summed E-state index contributed by atoms with van der Waals surface area (Å²) in [5.74, 6) is -2.03. The van der Waals surface area contributed by atoms with Crippen molar-refractivity contribution in [2.45, 2.75) is 309 Å². The van der Waals surface area contributed by atoms with Crippen LogP contribution >= 0.6 is 0 Å². The topological polar surface area (TPSA) is 108 Å². The number of hydrogen-bond donors (Lipinski definition) is 1. The number of unbranched alkanes of at least 4 members (excludes halogenated alkanes) is 32. The monoisotopic (exact) mass is 1160 g/mol. The first-order valence-corrected chi connectivity index (χ1v) is 34.4. The molecule has 0 aliphatic rings. The molecular formula is C74H130NO8+. The Balaban J connectivity index is 4.16. The summed E-state index contributed by atoms with van der Waals surface area (Å²) in [5.41, 5.74) is 0. The van der Waals surface area contributed by atoms with Crippen LogP contribution in [0.5, 0.6) is 0 Å². The molecule has 9 heteroatoms. The van der Waals surface area contributed by atoms with Gasteiger partial charge in [-0.05, 0) is 96.3 Å². The van der Waals surface area contributed by atoms with Crippen LogP contribution in [0.4, 0.5) is 0 Å². The number of esters is 2. The molecule has 2 unspecified atom stereocenters. The van der Waals surface area contributed by atoms with Crippen LogP contribution in [0.2, 0.25) is 0 Å². The van der Waals surface area contributed by atoms with Gasteiger partial charge < -0.3 is 28.5 Å². The van der Waals surface area contributed by atoms with Gasteiger partial charge >= 0.3 is 17.9 Å². The van der Waals surface area contributed by atoms with Crippen molar-refractivity contribution in [3.8, 4) is 0 Å². The number of carboxylic acid groups (broad SMARTS) is 1. The lowest BCUT2D eigenvalue weighted by Gasteiger charge is -2.25. The zero-order valence-electron chi connectivity index (χ0n) is 54.6. The molecule has 0 bridgehead atoms. The van der Waals surface area contributed by atoms with Crippen molar-refractivity contribution >= 4 is 17.9 Å². The predicted molar refractivity (Wildman–Crippen MR) is 355 cm³/mol. The first-order chi connectivity index (χ1) is 40.6. The van der Waals surface area contributed by atoms with E-state index in [-0.39, 0.29) is 32.2 Å². The standard InChI is InChI=1S/C74H129NO8/c1-6-8-10-12-14-16-18-20-22-24-26-28-30-32-34-35-36-37-39-40-42-44-46-48-50-52-54-56-58-60-62-64-71(76)81-68-70(69-82-74(73(78)79)80-67-66-75(3,4)5)83-72(77)65-63-61-59-57-55-53-51-49-47-45-43-41-38-33-31-29-27-25-23-21-19-17-15-13-11-9-7-2/h9,11,15,17,21,23-24,26-27,29,33,38,43,45,49,51,70,74H,6-8,10,12-14,16,18-20,22,25,28,30-32,34-37,39-42,44,46-48,50,52-69H2,1-5H3/p+1/b11-9-,17-15-,23-21-,26-24-,29-27-,38-33-,45-43-,51-49-. The predicted octanol–water partition coefficient (Wildman–Crippen LogP) is 21.2. The summed E-state index contributed by atoms with van der Waals surface area (Å²) in [6.07, 6.45) is 85.2. The van der Waals surface area contributed by atoms with Crippen LogP contribution in [0.3, 0.4) is 0 Å². The SMILES string of the molecule is CC/C=C\C/C=C\C/C=C\C/C=C\C/C=C\C/C=C\C/C=C\CCCCCCCC(=O)OC(COC(=O)CCCCCCCCCCCCCCCCCCCCC/C=C\CCCCCCCCCC)COC(OCC[N+](C)(C)C)C(=O)O. The maximum absolute atomic E-state index is 12.9. The van der Waals surface area contributed by atoms with Crippen LogP contribution < -0.4 is 0 Å². The van der Waals surface area contributed by atoms with Crippen LogP contribution in [0.1, 0.15) is 296 Å². The van der Waals surface area contributed by atoms with Gasteiger partial charge in [-0.25, -0.2) is 4.79 Å². The number of quaternary nitrogens is 1. The minimum atomic E-state index is -1.52. The highest BCUT2D eigenvalue weighted by Gasteiger charge is 2.25. The van der Waals surface area contributed by atoms with Gasteiger partial charge in [0.1, 0.15) is 13.2 Å². The van der Waals surface area contributed by atoms with Crippen LogP contribution in [-0.4, -0.2) is 87.4 Å². The minimum absolute atomic E-state index is 0.180. The molecule has 0 saturated heterocycles. The van der Waals surface area contributed by atoms with Crippen LogP contribution in [0, 0.1) is 0 Å². The number of allylic oxidation sites excluding steroid dienone is 16. The molecule has 1 N–H and O–H groups in total. The summed E-state index contributed by atoms with van der Waals surface area (Å²) in [4.78, 5) is 37.6. The molecule has 0 aromatic heterocycles. The molecule has 0 aromatic carbocycles. The molecule has 0 saturated carbocycles. The van der Waals surface area contributed by atoms with E-state index in [2.05, 4.69) is 111 Å². The highest BCUT2D eigenvalue weighted by molar-refractivity contribution is 5.71. The molecule has 0 radical (unpaired) electrons.